The molecule has 0 atom stereocenters. The average molecular weight is 310 g/mol. The third-order valence-electron chi connectivity index (χ3n) is 3.49. The predicted molar refractivity (Wildman–Crippen MR) is 91.6 cm³/mol. The van der Waals surface area contributed by atoms with Crippen molar-refractivity contribution >= 4 is 5.65 Å². The van der Waals surface area contributed by atoms with Gasteiger partial charge in [-0.3, -0.25) is 4.40 Å². The van der Waals surface area contributed by atoms with E-state index in [4.69, 9.17) is 4.74 Å². The fourth-order valence-corrected chi connectivity index (χ4v) is 2.56. The zero-order chi connectivity index (χ0) is 16.4. The minimum absolute atomic E-state index is 0.0687. The molecule has 0 amide bonds. The Labute approximate surface area is 136 Å². The first-order valence-corrected chi connectivity index (χ1v) is 7.77. The molecule has 3 rings (SSSR count). The van der Waals surface area contributed by atoms with Crippen molar-refractivity contribution in [3.63, 3.8) is 0 Å². The first-order chi connectivity index (χ1) is 11.0. The van der Waals surface area contributed by atoms with E-state index >= 15 is 0 Å². The first-order valence-electron chi connectivity index (χ1n) is 7.77. The lowest BCUT2D eigenvalue weighted by Crippen LogP contribution is -2.10. The normalized spacial score (nSPS) is 11.6. The molecule has 120 valence electrons. The third-order valence-corrected chi connectivity index (χ3v) is 3.49. The quantitative estimate of drug-likeness (QED) is 0.725. The molecular weight excluding hydrogens is 288 g/mol. The maximum Gasteiger partial charge on any atom is 0.258 e. The second-order valence-electron chi connectivity index (χ2n) is 6.17. The van der Waals surface area contributed by atoms with Crippen molar-refractivity contribution in [2.24, 2.45) is 0 Å². The second kappa shape index (κ2) is 6.38. The molecule has 5 heteroatoms. The van der Waals surface area contributed by atoms with E-state index in [9.17, 15) is 0 Å². The molecule has 0 unspecified atom stereocenters. The number of rotatable bonds is 5. The van der Waals surface area contributed by atoms with Crippen LogP contribution in [0, 0.1) is 0 Å². The van der Waals surface area contributed by atoms with Gasteiger partial charge in [0.25, 0.3) is 5.88 Å². The molecule has 0 bridgehead atoms. The Morgan fingerprint density at radius 1 is 1.13 bits per heavy atom. The molecule has 0 aliphatic heterocycles. The summed E-state index contributed by atoms with van der Waals surface area (Å²) in [6.07, 6.45) is 5.60. The van der Waals surface area contributed by atoms with Gasteiger partial charge in [-0.2, -0.15) is 0 Å². The average Bonchev–Trinajstić information content (AvgIpc) is 2.92. The predicted octanol–water partition coefficient (Wildman–Crippen LogP) is 3.25. The highest BCUT2D eigenvalue weighted by atomic mass is 16.5. The van der Waals surface area contributed by atoms with Crippen LogP contribution in [0.5, 0.6) is 5.88 Å². The van der Waals surface area contributed by atoms with Crippen LogP contribution in [0.2, 0.25) is 0 Å². The monoisotopic (exact) mass is 310 g/mol. The van der Waals surface area contributed by atoms with E-state index in [0.717, 1.165) is 23.4 Å². The van der Waals surface area contributed by atoms with Gasteiger partial charge in [0.1, 0.15) is 0 Å². The molecule has 0 spiro atoms. The Morgan fingerprint density at radius 3 is 2.52 bits per heavy atom. The minimum atomic E-state index is 0.0687. The molecule has 0 saturated heterocycles. The van der Waals surface area contributed by atoms with Gasteiger partial charge in [0, 0.05) is 24.5 Å². The summed E-state index contributed by atoms with van der Waals surface area (Å²) in [7, 11) is 4.14. The summed E-state index contributed by atoms with van der Waals surface area (Å²) in [6, 6.07) is 8.57. The maximum absolute atomic E-state index is 5.74. The van der Waals surface area contributed by atoms with Crippen LogP contribution < -0.4 is 4.74 Å². The van der Waals surface area contributed by atoms with Crippen molar-refractivity contribution in [1.82, 2.24) is 19.3 Å². The molecule has 3 aromatic rings. The molecule has 1 aromatic carbocycles. The van der Waals surface area contributed by atoms with Gasteiger partial charge < -0.3 is 9.64 Å². The molecule has 0 aliphatic carbocycles. The SMILES string of the molecule is CC(C)Oc1nccn2c(-c3ccc(CN(C)C)cc3)cnc12. The number of fused-ring (bicyclic) bond motifs is 1. The third kappa shape index (κ3) is 3.35. The largest absolute Gasteiger partial charge is 0.472 e. The number of hydrogen-bond donors (Lipinski definition) is 0. The summed E-state index contributed by atoms with van der Waals surface area (Å²) in [5.41, 5.74) is 4.20. The highest BCUT2D eigenvalue weighted by Crippen LogP contribution is 2.25. The number of aromatic nitrogens is 3. The van der Waals surface area contributed by atoms with Gasteiger partial charge in [0.05, 0.1) is 18.0 Å². The van der Waals surface area contributed by atoms with Gasteiger partial charge >= 0.3 is 0 Å². The smallest absolute Gasteiger partial charge is 0.258 e. The van der Waals surface area contributed by atoms with Crippen molar-refractivity contribution in [2.45, 2.75) is 26.5 Å². The number of hydrogen-bond acceptors (Lipinski definition) is 4. The molecule has 23 heavy (non-hydrogen) atoms. The Hall–Kier alpha value is -2.40. The maximum atomic E-state index is 5.74. The lowest BCUT2D eigenvalue weighted by molar-refractivity contribution is 0.234. The zero-order valence-electron chi connectivity index (χ0n) is 14.0. The molecule has 0 radical (unpaired) electrons. The summed E-state index contributed by atoms with van der Waals surface area (Å²) in [5, 5.41) is 0. The summed E-state index contributed by atoms with van der Waals surface area (Å²) in [6.45, 7) is 4.90. The van der Waals surface area contributed by atoms with Crippen molar-refractivity contribution in [1.29, 1.82) is 0 Å². The van der Waals surface area contributed by atoms with Crippen molar-refractivity contribution < 1.29 is 4.74 Å². The van der Waals surface area contributed by atoms with Crippen LogP contribution >= 0.6 is 0 Å². The van der Waals surface area contributed by atoms with Crippen LogP contribution in [0.25, 0.3) is 16.9 Å². The van der Waals surface area contributed by atoms with Gasteiger partial charge in [-0.05, 0) is 33.5 Å². The van der Waals surface area contributed by atoms with Crippen molar-refractivity contribution in [3.8, 4) is 17.1 Å². The summed E-state index contributed by atoms with van der Waals surface area (Å²) >= 11 is 0. The summed E-state index contributed by atoms with van der Waals surface area (Å²) in [5.74, 6) is 0.568. The zero-order valence-corrected chi connectivity index (χ0v) is 14.0. The van der Waals surface area contributed by atoms with E-state index in [0.29, 0.717) is 5.88 Å². The molecular formula is C18H22N4O. The van der Waals surface area contributed by atoms with E-state index in [1.54, 1.807) is 6.20 Å². The Balaban J connectivity index is 1.97. The van der Waals surface area contributed by atoms with E-state index in [1.165, 1.54) is 5.56 Å². The summed E-state index contributed by atoms with van der Waals surface area (Å²) in [4.78, 5) is 10.9. The van der Waals surface area contributed by atoms with Crippen LogP contribution in [0.15, 0.2) is 42.9 Å². The number of nitrogens with zero attached hydrogens (tertiary/aromatic N) is 4. The molecule has 0 fully saturated rings. The van der Waals surface area contributed by atoms with Gasteiger partial charge in [-0.1, -0.05) is 24.3 Å². The fourth-order valence-electron chi connectivity index (χ4n) is 2.56. The van der Waals surface area contributed by atoms with Crippen LogP contribution in [-0.4, -0.2) is 39.5 Å². The highest BCUT2D eigenvalue weighted by molar-refractivity contribution is 5.66. The fraction of sp³-hybridized carbons (Fsp3) is 0.333. The van der Waals surface area contributed by atoms with Crippen LogP contribution in [-0.2, 0) is 6.54 Å². The molecule has 5 nitrogen and oxygen atoms in total. The van der Waals surface area contributed by atoms with E-state index in [1.807, 2.05) is 30.6 Å². The van der Waals surface area contributed by atoms with Crippen LogP contribution in [0.4, 0.5) is 0 Å². The standard InChI is InChI=1S/C18H22N4O/c1-13(2)23-18-17-20-11-16(22(17)10-9-19-18)15-7-5-14(6-8-15)12-21(3)4/h5-11,13H,12H2,1-4H3. The Bertz CT molecular complexity index is 790. The van der Waals surface area contributed by atoms with Crippen LogP contribution in [0.1, 0.15) is 19.4 Å². The summed E-state index contributed by atoms with van der Waals surface area (Å²) < 4.78 is 7.76. The van der Waals surface area contributed by atoms with E-state index < -0.39 is 0 Å². The number of ether oxygens (including phenoxy) is 1. The van der Waals surface area contributed by atoms with Crippen molar-refractivity contribution in [2.75, 3.05) is 14.1 Å². The molecule has 0 saturated carbocycles. The lowest BCUT2D eigenvalue weighted by atomic mass is 10.1. The second-order valence-corrected chi connectivity index (χ2v) is 6.17. The van der Waals surface area contributed by atoms with E-state index in [2.05, 4.69) is 53.2 Å². The Morgan fingerprint density at radius 2 is 1.87 bits per heavy atom. The van der Waals surface area contributed by atoms with Gasteiger partial charge in [0.15, 0.2) is 0 Å². The van der Waals surface area contributed by atoms with Crippen molar-refractivity contribution in [3.05, 3.63) is 48.4 Å². The minimum Gasteiger partial charge on any atom is -0.472 e. The molecule has 0 aliphatic rings. The van der Waals surface area contributed by atoms with Gasteiger partial charge in [-0.25, -0.2) is 9.97 Å². The molecule has 2 heterocycles. The number of imidazole rings is 1. The number of benzene rings is 1. The Kier molecular flexibility index (Phi) is 4.30. The van der Waals surface area contributed by atoms with Gasteiger partial charge in [0.2, 0.25) is 5.65 Å². The highest BCUT2D eigenvalue weighted by Gasteiger charge is 2.12. The lowest BCUT2D eigenvalue weighted by Gasteiger charge is -2.11. The van der Waals surface area contributed by atoms with Crippen LogP contribution in [0.3, 0.4) is 0 Å². The molecule has 2 aromatic heterocycles. The first kappa shape index (κ1) is 15.5. The van der Waals surface area contributed by atoms with E-state index in [-0.39, 0.29) is 6.10 Å². The van der Waals surface area contributed by atoms with Gasteiger partial charge in [-0.15, -0.1) is 0 Å². The molecule has 0 N–H and O–H groups in total. The topological polar surface area (TPSA) is 42.7 Å².